The fourth-order valence-electron chi connectivity index (χ4n) is 1.79. The van der Waals surface area contributed by atoms with Crippen molar-refractivity contribution in [2.45, 2.75) is 25.8 Å². The van der Waals surface area contributed by atoms with Crippen LogP contribution < -0.4 is 5.32 Å². The van der Waals surface area contributed by atoms with Crippen LogP contribution in [0.25, 0.3) is 0 Å². The SMILES string of the molecule is CCOCCNCC1CCCN1C. The third-order valence-electron chi connectivity index (χ3n) is 2.68. The van der Waals surface area contributed by atoms with Gasteiger partial charge in [0.1, 0.15) is 0 Å². The summed E-state index contributed by atoms with van der Waals surface area (Å²) in [5.41, 5.74) is 0. The highest BCUT2D eigenvalue weighted by molar-refractivity contribution is 4.77. The smallest absolute Gasteiger partial charge is 0.0590 e. The molecular formula is C10H22N2O. The van der Waals surface area contributed by atoms with Gasteiger partial charge in [-0.25, -0.2) is 0 Å². The molecule has 13 heavy (non-hydrogen) atoms. The molecule has 1 aliphatic heterocycles. The van der Waals surface area contributed by atoms with E-state index in [0.29, 0.717) is 0 Å². The molecule has 0 amide bonds. The predicted molar refractivity (Wildman–Crippen MR) is 55.0 cm³/mol. The van der Waals surface area contributed by atoms with E-state index in [9.17, 15) is 0 Å². The van der Waals surface area contributed by atoms with Crippen molar-refractivity contribution < 1.29 is 4.74 Å². The van der Waals surface area contributed by atoms with Gasteiger partial charge in [0.15, 0.2) is 0 Å². The average molecular weight is 186 g/mol. The second kappa shape index (κ2) is 6.35. The second-order valence-corrected chi connectivity index (χ2v) is 3.68. The lowest BCUT2D eigenvalue weighted by atomic mass is 10.2. The summed E-state index contributed by atoms with van der Waals surface area (Å²) in [6, 6.07) is 0.752. The lowest BCUT2D eigenvalue weighted by Crippen LogP contribution is -2.36. The Balaban J connectivity index is 1.93. The molecule has 0 aliphatic carbocycles. The molecule has 1 aliphatic rings. The molecule has 3 nitrogen and oxygen atoms in total. The number of nitrogens with zero attached hydrogens (tertiary/aromatic N) is 1. The van der Waals surface area contributed by atoms with Crippen molar-refractivity contribution in [1.82, 2.24) is 10.2 Å². The van der Waals surface area contributed by atoms with Gasteiger partial charge >= 0.3 is 0 Å². The summed E-state index contributed by atoms with van der Waals surface area (Å²) in [7, 11) is 2.21. The number of hydrogen-bond donors (Lipinski definition) is 1. The third-order valence-corrected chi connectivity index (χ3v) is 2.68. The number of likely N-dealkylation sites (N-methyl/N-ethyl adjacent to an activating group) is 1. The molecule has 0 spiro atoms. The number of hydrogen-bond acceptors (Lipinski definition) is 3. The Morgan fingerprint density at radius 3 is 3.00 bits per heavy atom. The number of rotatable bonds is 6. The van der Waals surface area contributed by atoms with Gasteiger partial charge in [-0.1, -0.05) is 0 Å². The van der Waals surface area contributed by atoms with E-state index in [-0.39, 0.29) is 0 Å². The Morgan fingerprint density at radius 2 is 2.38 bits per heavy atom. The first-order chi connectivity index (χ1) is 6.34. The molecule has 1 heterocycles. The maximum Gasteiger partial charge on any atom is 0.0590 e. The van der Waals surface area contributed by atoms with Crippen LogP contribution in [-0.2, 0) is 4.74 Å². The highest BCUT2D eigenvalue weighted by Crippen LogP contribution is 2.13. The van der Waals surface area contributed by atoms with E-state index in [1.165, 1.54) is 19.4 Å². The zero-order chi connectivity index (χ0) is 9.52. The lowest BCUT2D eigenvalue weighted by molar-refractivity contribution is 0.147. The van der Waals surface area contributed by atoms with Crippen LogP contribution in [-0.4, -0.2) is 50.8 Å². The molecule has 0 bridgehead atoms. The van der Waals surface area contributed by atoms with Crippen LogP contribution in [0.2, 0.25) is 0 Å². The molecule has 3 heteroatoms. The van der Waals surface area contributed by atoms with Gasteiger partial charge in [-0.2, -0.15) is 0 Å². The van der Waals surface area contributed by atoms with Crippen molar-refractivity contribution in [3.63, 3.8) is 0 Å². The molecule has 0 aromatic heterocycles. The summed E-state index contributed by atoms with van der Waals surface area (Å²) in [4.78, 5) is 2.44. The summed E-state index contributed by atoms with van der Waals surface area (Å²) in [5, 5.41) is 3.43. The Kier molecular flexibility index (Phi) is 5.35. The van der Waals surface area contributed by atoms with Crippen LogP contribution in [0.1, 0.15) is 19.8 Å². The van der Waals surface area contributed by atoms with Crippen LogP contribution in [0.15, 0.2) is 0 Å². The first-order valence-corrected chi connectivity index (χ1v) is 5.33. The molecule has 1 unspecified atom stereocenters. The zero-order valence-corrected chi connectivity index (χ0v) is 8.88. The minimum absolute atomic E-state index is 0.752. The first kappa shape index (κ1) is 11.0. The van der Waals surface area contributed by atoms with Gasteiger partial charge in [-0.3, -0.25) is 0 Å². The highest BCUT2D eigenvalue weighted by atomic mass is 16.5. The Labute approximate surface area is 81.4 Å². The summed E-state index contributed by atoms with van der Waals surface area (Å²) in [6.07, 6.45) is 2.70. The average Bonchev–Trinajstić information content (AvgIpc) is 2.52. The zero-order valence-electron chi connectivity index (χ0n) is 8.88. The molecule has 1 atom stereocenters. The van der Waals surface area contributed by atoms with E-state index in [0.717, 1.165) is 32.3 Å². The van der Waals surface area contributed by atoms with Gasteiger partial charge in [-0.05, 0) is 33.4 Å². The van der Waals surface area contributed by atoms with Gasteiger partial charge in [0.2, 0.25) is 0 Å². The van der Waals surface area contributed by atoms with E-state index in [1.54, 1.807) is 0 Å². The van der Waals surface area contributed by atoms with E-state index >= 15 is 0 Å². The van der Waals surface area contributed by atoms with Crippen LogP contribution in [0.5, 0.6) is 0 Å². The van der Waals surface area contributed by atoms with Crippen molar-refractivity contribution in [3.05, 3.63) is 0 Å². The van der Waals surface area contributed by atoms with E-state index in [2.05, 4.69) is 17.3 Å². The Hall–Kier alpha value is -0.120. The normalized spacial score (nSPS) is 24.0. The van der Waals surface area contributed by atoms with Crippen LogP contribution in [0.3, 0.4) is 0 Å². The molecule has 1 saturated heterocycles. The van der Waals surface area contributed by atoms with Crippen molar-refractivity contribution >= 4 is 0 Å². The molecule has 1 fully saturated rings. The Morgan fingerprint density at radius 1 is 1.54 bits per heavy atom. The van der Waals surface area contributed by atoms with Crippen molar-refractivity contribution in [3.8, 4) is 0 Å². The molecular weight excluding hydrogens is 164 g/mol. The van der Waals surface area contributed by atoms with Gasteiger partial charge < -0.3 is 15.0 Å². The van der Waals surface area contributed by atoms with E-state index in [4.69, 9.17) is 4.74 Å². The fourth-order valence-corrected chi connectivity index (χ4v) is 1.79. The topological polar surface area (TPSA) is 24.5 Å². The van der Waals surface area contributed by atoms with Gasteiger partial charge in [0.05, 0.1) is 6.61 Å². The monoisotopic (exact) mass is 186 g/mol. The minimum atomic E-state index is 0.752. The van der Waals surface area contributed by atoms with Crippen LogP contribution in [0, 0.1) is 0 Å². The summed E-state index contributed by atoms with van der Waals surface area (Å²) in [5.74, 6) is 0. The standard InChI is InChI=1S/C10H22N2O/c1-3-13-8-6-11-9-10-5-4-7-12(10)2/h10-11H,3-9H2,1-2H3. The summed E-state index contributed by atoms with van der Waals surface area (Å²) < 4.78 is 5.25. The fraction of sp³-hybridized carbons (Fsp3) is 1.00. The van der Waals surface area contributed by atoms with Crippen LogP contribution >= 0.6 is 0 Å². The van der Waals surface area contributed by atoms with Crippen LogP contribution in [0.4, 0.5) is 0 Å². The molecule has 0 saturated carbocycles. The number of ether oxygens (including phenoxy) is 1. The van der Waals surface area contributed by atoms with E-state index in [1.807, 2.05) is 6.92 Å². The van der Waals surface area contributed by atoms with Gasteiger partial charge in [0, 0.05) is 25.7 Å². The number of likely N-dealkylation sites (tertiary alicyclic amines) is 1. The summed E-state index contributed by atoms with van der Waals surface area (Å²) in [6.45, 7) is 7.06. The molecule has 1 rings (SSSR count). The lowest BCUT2D eigenvalue weighted by Gasteiger charge is -2.19. The molecule has 0 aromatic rings. The predicted octanol–water partition coefficient (Wildman–Crippen LogP) is 0.707. The van der Waals surface area contributed by atoms with Crippen molar-refractivity contribution in [2.24, 2.45) is 0 Å². The van der Waals surface area contributed by atoms with Crippen molar-refractivity contribution in [2.75, 3.05) is 39.9 Å². The highest BCUT2D eigenvalue weighted by Gasteiger charge is 2.19. The summed E-state index contributed by atoms with van der Waals surface area (Å²) >= 11 is 0. The first-order valence-electron chi connectivity index (χ1n) is 5.33. The molecule has 78 valence electrons. The second-order valence-electron chi connectivity index (χ2n) is 3.68. The minimum Gasteiger partial charge on any atom is -0.380 e. The molecule has 0 radical (unpaired) electrons. The molecule has 0 aromatic carbocycles. The largest absolute Gasteiger partial charge is 0.380 e. The quantitative estimate of drug-likeness (QED) is 0.618. The maximum absolute atomic E-state index is 5.25. The third kappa shape index (κ3) is 4.07. The van der Waals surface area contributed by atoms with Gasteiger partial charge in [-0.15, -0.1) is 0 Å². The Bertz CT molecular complexity index is 130. The van der Waals surface area contributed by atoms with Crippen molar-refractivity contribution in [1.29, 1.82) is 0 Å². The molecule has 1 N–H and O–H groups in total. The van der Waals surface area contributed by atoms with Gasteiger partial charge in [0.25, 0.3) is 0 Å². The van der Waals surface area contributed by atoms with E-state index < -0.39 is 0 Å². The number of nitrogens with one attached hydrogen (secondary N) is 1. The maximum atomic E-state index is 5.25.